The number of halogens is 3. The molecule has 1 nitrogen and oxygen atoms in total. The molecule has 0 spiro atoms. The van der Waals surface area contributed by atoms with Gasteiger partial charge in [-0.25, -0.2) is 0 Å². The van der Waals surface area contributed by atoms with Crippen molar-refractivity contribution in [3.63, 3.8) is 0 Å². The molecule has 0 aliphatic carbocycles. The molecule has 82 valence electrons. The van der Waals surface area contributed by atoms with E-state index in [2.05, 4.69) is 0 Å². The topological polar surface area (TPSA) is 17.1 Å². The molecule has 0 saturated carbocycles. The van der Waals surface area contributed by atoms with Crippen LogP contribution in [0.25, 0.3) is 0 Å². The summed E-state index contributed by atoms with van der Waals surface area (Å²) in [6.07, 6.45) is -4.73. The molecule has 0 N–H and O–H groups in total. The Balaban J connectivity index is 2.82. The molecule has 0 saturated heterocycles. The molecule has 1 atom stereocenters. The van der Waals surface area contributed by atoms with E-state index in [0.717, 1.165) is 6.92 Å². The molecule has 0 fully saturated rings. The van der Waals surface area contributed by atoms with Crippen LogP contribution in [0.15, 0.2) is 30.3 Å². The van der Waals surface area contributed by atoms with Crippen LogP contribution in [0.4, 0.5) is 13.2 Å². The highest BCUT2D eigenvalue weighted by molar-refractivity contribution is 5.79. The molecule has 15 heavy (non-hydrogen) atoms. The van der Waals surface area contributed by atoms with Crippen LogP contribution in [0.3, 0.4) is 0 Å². The first kappa shape index (κ1) is 11.8. The van der Waals surface area contributed by atoms with E-state index in [1.807, 2.05) is 0 Å². The van der Waals surface area contributed by atoms with Gasteiger partial charge in [0.2, 0.25) is 0 Å². The average Bonchev–Trinajstić information content (AvgIpc) is 2.13. The van der Waals surface area contributed by atoms with Crippen molar-refractivity contribution in [1.29, 1.82) is 0 Å². The van der Waals surface area contributed by atoms with Crippen molar-refractivity contribution in [3.05, 3.63) is 35.9 Å². The van der Waals surface area contributed by atoms with Crippen LogP contribution in [0, 0.1) is 5.92 Å². The van der Waals surface area contributed by atoms with E-state index in [0.29, 0.717) is 5.56 Å². The van der Waals surface area contributed by atoms with Crippen LogP contribution < -0.4 is 0 Å². The van der Waals surface area contributed by atoms with Crippen LogP contribution >= 0.6 is 0 Å². The molecular weight excluding hydrogens is 205 g/mol. The van der Waals surface area contributed by atoms with Gasteiger partial charge in [-0.3, -0.25) is 4.79 Å². The molecular formula is C11H11F3O. The van der Waals surface area contributed by atoms with Gasteiger partial charge in [0.05, 0.1) is 0 Å². The van der Waals surface area contributed by atoms with Crippen LogP contribution in [-0.2, 0) is 11.2 Å². The molecule has 0 heterocycles. The maximum atomic E-state index is 12.4. The van der Waals surface area contributed by atoms with Gasteiger partial charge in [0.15, 0.2) is 0 Å². The Kier molecular flexibility index (Phi) is 3.50. The van der Waals surface area contributed by atoms with Gasteiger partial charge < -0.3 is 0 Å². The lowest BCUT2D eigenvalue weighted by Gasteiger charge is -2.17. The number of Topliss-reactive ketones (excluding diaryl/α,β-unsaturated/α-hetero) is 1. The Labute approximate surface area is 85.9 Å². The summed E-state index contributed by atoms with van der Waals surface area (Å²) in [4.78, 5) is 10.9. The van der Waals surface area contributed by atoms with Gasteiger partial charge in [0, 0.05) is 0 Å². The number of rotatable bonds is 3. The second-order valence-corrected chi connectivity index (χ2v) is 3.39. The standard InChI is InChI=1S/C11H11F3O/c1-8(15)10(11(12,13)14)7-9-5-3-2-4-6-9/h2-6,10H,7H2,1H3. The summed E-state index contributed by atoms with van der Waals surface area (Å²) in [6, 6.07) is 8.20. The number of hydrogen-bond donors (Lipinski definition) is 0. The number of hydrogen-bond acceptors (Lipinski definition) is 1. The maximum absolute atomic E-state index is 12.4. The fraction of sp³-hybridized carbons (Fsp3) is 0.364. The lowest BCUT2D eigenvalue weighted by atomic mass is 9.95. The normalized spacial score (nSPS) is 13.6. The second kappa shape index (κ2) is 4.47. The smallest absolute Gasteiger partial charge is 0.299 e. The van der Waals surface area contributed by atoms with Gasteiger partial charge >= 0.3 is 6.18 Å². The van der Waals surface area contributed by atoms with Gasteiger partial charge in [0.1, 0.15) is 11.7 Å². The van der Waals surface area contributed by atoms with Gasteiger partial charge in [-0.15, -0.1) is 0 Å². The zero-order valence-electron chi connectivity index (χ0n) is 8.21. The van der Waals surface area contributed by atoms with Crippen molar-refractivity contribution in [2.45, 2.75) is 19.5 Å². The molecule has 0 aromatic heterocycles. The van der Waals surface area contributed by atoms with E-state index in [4.69, 9.17) is 0 Å². The zero-order chi connectivity index (χ0) is 11.5. The summed E-state index contributed by atoms with van der Waals surface area (Å²) in [5.74, 6) is -2.73. The van der Waals surface area contributed by atoms with Crippen molar-refractivity contribution < 1.29 is 18.0 Å². The summed E-state index contributed by atoms with van der Waals surface area (Å²) in [7, 11) is 0. The van der Waals surface area contributed by atoms with E-state index in [1.165, 1.54) is 0 Å². The number of carbonyl (C=O) groups is 1. The van der Waals surface area contributed by atoms with Gasteiger partial charge in [0.25, 0.3) is 0 Å². The van der Waals surface area contributed by atoms with E-state index < -0.39 is 17.9 Å². The first-order valence-corrected chi connectivity index (χ1v) is 4.52. The van der Waals surface area contributed by atoms with Crippen molar-refractivity contribution >= 4 is 5.78 Å². The van der Waals surface area contributed by atoms with E-state index >= 15 is 0 Å². The van der Waals surface area contributed by atoms with Crippen LogP contribution in [0.1, 0.15) is 12.5 Å². The highest BCUT2D eigenvalue weighted by Crippen LogP contribution is 2.29. The summed E-state index contributed by atoms with van der Waals surface area (Å²) < 4.78 is 37.3. The van der Waals surface area contributed by atoms with Crippen molar-refractivity contribution in [3.8, 4) is 0 Å². The zero-order valence-corrected chi connectivity index (χ0v) is 8.21. The molecule has 1 aromatic rings. The number of alkyl halides is 3. The SMILES string of the molecule is CC(=O)C(Cc1ccccc1)C(F)(F)F. The fourth-order valence-electron chi connectivity index (χ4n) is 1.34. The Bertz CT molecular complexity index is 329. The quantitative estimate of drug-likeness (QED) is 0.759. The van der Waals surface area contributed by atoms with Gasteiger partial charge in [-0.05, 0) is 18.9 Å². The predicted octanol–water partition coefficient (Wildman–Crippen LogP) is 3.00. The molecule has 1 rings (SSSR count). The minimum atomic E-state index is -4.46. The second-order valence-electron chi connectivity index (χ2n) is 3.39. The number of benzene rings is 1. The third kappa shape index (κ3) is 3.38. The molecule has 0 bridgehead atoms. The van der Waals surface area contributed by atoms with Gasteiger partial charge in [-0.2, -0.15) is 13.2 Å². The Morgan fingerprint density at radius 1 is 1.27 bits per heavy atom. The first-order chi connectivity index (χ1) is 6.91. The molecule has 0 radical (unpaired) electrons. The van der Waals surface area contributed by atoms with Crippen molar-refractivity contribution in [2.24, 2.45) is 5.92 Å². The molecule has 0 amide bonds. The largest absolute Gasteiger partial charge is 0.398 e. The average molecular weight is 216 g/mol. The summed E-state index contributed by atoms with van der Waals surface area (Å²) in [5, 5.41) is 0. The van der Waals surface area contributed by atoms with E-state index in [9.17, 15) is 18.0 Å². The van der Waals surface area contributed by atoms with Crippen LogP contribution in [0.2, 0.25) is 0 Å². The summed E-state index contributed by atoms with van der Waals surface area (Å²) in [5.41, 5.74) is 0.523. The highest BCUT2D eigenvalue weighted by Gasteiger charge is 2.42. The minimum absolute atomic E-state index is 0.278. The fourth-order valence-corrected chi connectivity index (χ4v) is 1.34. The lowest BCUT2D eigenvalue weighted by molar-refractivity contribution is -0.179. The molecule has 4 heteroatoms. The lowest BCUT2D eigenvalue weighted by Crippen LogP contribution is -2.31. The minimum Gasteiger partial charge on any atom is -0.299 e. The molecule has 0 aliphatic rings. The third-order valence-electron chi connectivity index (χ3n) is 2.17. The Hall–Kier alpha value is -1.32. The molecule has 1 aromatic carbocycles. The van der Waals surface area contributed by atoms with E-state index in [1.54, 1.807) is 30.3 Å². The first-order valence-electron chi connectivity index (χ1n) is 4.52. The Morgan fingerprint density at radius 2 is 1.80 bits per heavy atom. The van der Waals surface area contributed by atoms with Gasteiger partial charge in [-0.1, -0.05) is 30.3 Å². The number of ketones is 1. The number of carbonyl (C=O) groups excluding carboxylic acids is 1. The van der Waals surface area contributed by atoms with Crippen molar-refractivity contribution in [1.82, 2.24) is 0 Å². The van der Waals surface area contributed by atoms with Crippen LogP contribution in [-0.4, -0.2) is 12.0 Å². The summed E-state index contributed by atoms with van der Waals surface area (Å²) >= 11 is 0. The molecule has 0 aliphatic heterocycles. The third-order valence-corrected chi connectivity index (χ3v) is 2.17. The summed E-state index contributed by atoms with van der Waals surface area (Å²) in [6.45, 7) is 0.973. The monoisotopic (exact) mass is 216 g/mol. The predicted molar refractivity (Wildman–Crippen MR) is 50.4 cm³/mol. The van der Waals surface area contributed by atoms with E-state index in [-0.39, 0.29) is 6.42 Å². The van der Waals surface area contributed by atoms with Crippen molar-refractivity contribution in [2.75, 3.05) is 0 Å². The Morgan fingerprint density at radius 3 is 2.20 bits per heavy atom. The van der Waals surface area contributed by atoms with Crippen LogP contribution in [0.5, 0.6) is 0 Å². The maximum Gasteiger partial charge on any atom is 0.398 e. The highest BCUT2D eigenvalue weighted by atomic mass is 19.4. The molecule has 1 unspecified atom stereocenters.